The van der Waals surface area contributed by atoms with Crippen molar-refractivity contribution in [1.82, 2.24) is 19.8 Å². The summed E-state index contributed by atoms with van der Waals surface area (Å²) in [6.07, 6.45) is -5.54. The highest BCUT2D eigenvalue weighted by Crippen LogP contribution is 2.40. The van der Waals surface area contributed by atoms with E-state index < -0.39 is 24.3 Å². The molecule has 2 N–H and O–H groups in total. The van der Waals surface area contributed by atoms with Crippen molar-refractivity contribution < 1.29 is 60.4 Å². The fourth-order valence-electron chi connectivity index (χ4n) is 4.98. The van der Waals surface area contributed by atoms with E-state index in [9.17, 15) is 31.1 Å². The molecule has 12 nitrogen and oxygen atoms in total. The minimum atomic E-state index is -5.08. The van der Waals surface area contributed by atoms with E-state index in [1.54, 1.807) is 0 Å². The van der Waals surface area contributed by atoms with Crippen LogP contribution in [0.15, 0.2) is 6.20 Å². The highest BCUT2D eigenvalue weighted by Gasteiger charge is 2.46. The van der Waals surface area contributed by atoms with Gasteiger partial charge in [-0.25, -0.2) is 19.6 Å². The van der Waals surface area contributed by atoms with Gasteiger partial charge in [0.05, 0.1) is 36.5 Å². The number of carboxylic acid groups (broad SMARTS) is 2. The normalized spacial score (nSPS) is 23.3. The third-order valence-electron chi connectivity index (χ3n) is 6.88. The number of rotatable bonds is 5. The topological polar surface area (TPSA) is 146 Å². The third-order valence-corrected chi connectivity index (χ3v) is 6.88. The number of anilines is 1. The van der Waals surface area contributed by atoms with Gasteiger partial charge in [0.2, 0.25) is 11.9 Å². The number of likely N-dealkylation sites (tertiary alicyclic amines) is 1. The van der Waals surface area contributed by atoms with Gasteiger partial charge in [-0.2, -0.15) is 26.3 Å². The fourth-order valence-corrected chi connectivity index (χ4v) is 4.98. The summed E-state index contributed by atoms with van der Waals surface area (Å²) < 4.78 is 75.3. The molecule has 0 bridgehead atoms. The Morgan fingerprint density at radius 2 is 1.59 bits per heavy atom. The summed E-state index contributed by atoms with van der Waals surface area (Å²) in [7, 11) is 4.08. The number of carboxylic acids is 2. The number of halogens is 6. The van der Waals surface area contributed by atoms with Crippen LogP contribution in [0.5, 0.6) is 0 Å². The van der Waals surface area contributed by atoms with Crippen LogP contribution in [0.3, 0.4) is 0 Å². The number of alkyl halides is 6. The average Bonchev–Trinajstić information content (AvgIpc) is 3.32. The fraction of sp³-hybridized carbons (Fsp3) is 0.731. The van der Waals surface area contributed by atoms with Crippen molar-refractivity contribution in [3.63, 3.8) is 0 Å². The van der Waals surface area contributed by atoms with Gasteiger partial charge >= 0.3 is 24.3 Å². The molecule has 0 aromatic carbocycles. The standard InChI is InChI=1S/C22H35N5O3.2C2HF3O2/c1-16-11-27(12-17(2)30-16)21-23-10-18-13-29-15-22(20(18)24-21)7-9-26(14-22)19(28)6-5-8-25(3)4;2*3-2(4,5)1(6)7/h10,16-17H,5-9,11-15H2,1-4H3;2*(H,6,7)/t16?,17?,22-;;/m0../s1. The van der Waals surface area contributed by atoms with E-state index in [-0.39, 0.29) is 23.5 Å². The average molecular weight is 646 g/mol. The predicted molar refractivity (Wildman–Crippen MR) is 142 cm³/mol. The Labute approximate surface area is 249 Å². The maximum atomic E-state index is 12.8. The number of nitrogens with zero attached hydrogens (tertiary/aromatic N) is 5. The molecule has 0 saturated carbocycles. The molecular weight excluding hydrogens is 608 g/mol. The molecule has 1 aromatic rings. The largest absolute Gasteiger partial charge is 0.490 e. The molecule has 2 unspecified atom stereocenters. The van der Waals surface area contributed by atoms with E-state index >= 15 is 0 Å². The first-order valence-electron chi connectivity index (χ1n) is 13.6. The molecule has 44 heavy (non-hydrogen) atoms. The Balaban J connectivity index is 0.000000402. The first kappa shape index (κ1) is 36.9. The lowest BCUT2D eigenvalue weighted by Gasteiger charge is -2.38. The van der Waals surface area contributed by atoms with Crippen LogP contribution in [0.1, 0.15) is 44.4 Å². The van der Waals surface area contributed by atoms with E-state index in [2.05, 4.69) is 28.6 Å². The summed E-state index contributed by atoms with van der Waals surface area (Å²) in [5.74, 6) is -4.50. The maximum Gasteiger partial charge on any atom is 0.490 e. The smallest absolute Gasteiger partial charge is 0.475 e. The SMILES string of the molecule is CC1CN(c2ncc3c(n2)[C@]2(CCN(C(=O)CCCN(C)C)C2)COC3)CC(C)O1.O=C(O)C(F)(F)F.O=C(O)C(F)(F)F. The van der Waals surface area contributed by atoms with Crippen LogP contribution >= 0.6 is 0 Å². The quantitative estimate of drug-likeness (QED) is 0.456. The van der Waals surface area contributed by atoms with E-state index in [0.29, 0.717) is 26.2 Å². The Morgan fingerprint density at radius 3 is 2.09 bits per heavy atom. The summed E-state index contributed by atoms with van der Waals surface area (Å²) in [6, 6.07) is 0. The Kier molecular flexibility index (Phi) is 12.7. The Bertz CT molecular complexity index is 1120. The summed E-state index contributed by atoms with van der Waals surface area (Å²) in [5.41, 5.74) is 1.92. The van der Waals surface area contributed by atoms with Crippen LogP contribution < -0.4 is 4.90 Å². The van der Waals surface area contributed by atoms with Gasteiger partial charge in [0, 0.05) is 44.4 Å². The minimum absolute atomic E-state index is 0.160. The second kappa shape index (κ2) is 15.2. The zero-order chi connectivity index (χ0) is 33.5. The summed E-state index contributed by atoms with van der Waals surface area (Å²) in [5, 5.41) is 14.2. The van der Waals surface area contributed by atoms with Gasteiger partial charge in [0.1, 0.15) is 0 Å². The predicted octanol–water partition coefficient (Wildman–Crippen LogP) is 2.70. The Hall–Kier alpha value is -3.25. The highest BCUT2D eigenvalue weighted by atomic mass is 19.4. The van der Waals surface area contributed by atoms with E-state index in [4.69, 9.17) is 34.3 Å². The lowest BCUT2D eigenvalue weighted by atomic mass is 9.80. The molecule has 3 aliphatic heterocycles. The molecule has 0 aliphatic carbocycles. The van der Waals surface area contributed by atoms with Crippen LogP contribution in [0, 0.1) is 0 Å². The van der Waals surface area contributed by atoms with E-state index in [1.165, 1.54) is 0 Å². The Morgan fingerprint density at radius 1 is 1.05 bits per heavy atom. The third kappa shape index (κ3) is 10.7. The van der Waals surface area contributed by atoms with Gasteiger partial charge in [0.25, 0.3) is 0 Å². The number of carbonyl (C=O) groups excluding carboxylic acids is 1. The van der Waals surface area contributed by atoms with E-state index in [0.717, 1.165) is 56.2 Å². The van der Waals surface area contributed by atoms with Gasteiger partial charge in [0.15, 0.2) is 0 Å². The monoisotopic (exact) mass is 645 g/mol. The van der Waals surface area contributed by atoms with Crippen LogP contribution in [0.25, 0.3) is 0 Å². The summed E-state index contributed by atoms with van der Waals surface area (Å²) in [6.45, 7) is 9.33. The number of carbonyl (C=O) groups is 3. The van der Waals surface area contributed by atoms with E-state index in [1.807, 2.05) is 25.2 Å². The number of morpholine rings is 1. The van der Waals surface area contributed by atoms with Crippen molar-refractivity contribution in [3.05, 3.63) is 17.5 Å². The van der Waals surface area contributed by atoms with Gasteiger partial charge in [-0.1, -0.05) is 0 Å². The molecule has 1 spiro atoms. The van der Waals surface area contributed by atoms with Crippen molar-refractivity contribution in [1.29, 1.82) is 0 Å². The molecule has 4 rings (SSSR count). The molecule has 1 amide bonds. The lowest BCUT2D eigenvalue weighted by Crippen LogP contribution is -2.47. The van der Waals surface area contributed by atoms with Crippen molar-refractivity contribution in [2.45, 2.75) is 69.7 Å². The first-order chi connectivity index (χ1) is 20.2. The second-order valence-electron chi connectivity index (χ2n) is 11.1. The number of hydrogen-bond donors (Lipinski definition) is 2. The van der Waals surface area contributed by atoms with Gasteiger partial charge in [-0.15, -0.1) is 0 Å². The highest BCUT2D eigenvalue weighted by molar-refractivity contribution is 5.77. The minimum Gasteiger partial charge on any atom is -0.475 e. The molecule has 18 heteroatoms. The number of hydrogen-bond acceptors (Lipinski definition) is 9. The molecule has 3 aliphatic rings. The molecule has 4 heterocycles. The maximum absolute atomic E-state index is 12.8. The van der Waals surface area contributed by atoms with Gasteiger partial charge < -0.3 is 34.4 Å². The molecule has 2 saturated heterocycles. The molecule has 0 radical (unpaired) electrons. The molecule has 2 fully saturated rings. The summed E-state index contributed by atoms with van der Waals surface area (Å²) in [4.78, 5) is 46.6. The number of amides is 1. The van der Waals surface area contributed by atoms with Crippen molar-refractivity contribution in [3.8, 4) is 0 Å². The number of ether oxygens (including phenoxy) is 2. The number of aliphatic carboxylic acids is 2. The molecule has 250 valence electrons. The molecule has 1 aromatic heterocycles. The van der Waals surface area contributed by atoms with Crippen molar-refractivity contribution in [2.75, 3.05) is 58.3 Å². The van der Waals surface area contributed by atoms with Crippen molar-refractivity contribution >= 4 is 23.8 Å². The number of aromatic nitrogens is 2. The molecule has 3 atom stereocenters. The van der Waals surface area contributed by atoms with Crippen LogP contribution in [0.4, 0.5) is 32.3 Å². The van der Waals surface area contributed by atoms with Crippen LogP contribution in [-0.4, -0.2) is 126 Å². The van der Waals surface area contributed by atoms with Crippen molar-refractivity contribution in [2.24, 2.45) is 0 Å². The second-order valence-corrected chi connectivity index (χ2v) is 11.1. The zero-order valence-corrected chi connectivity index (χ0v) is 24.7. The van der Waals surface area contributed by atoms with Gasteiger partial charge in [-0.05, 0) is 47.3 Å². The van der Waals surface area contributed by atoms with Gasteiger partial charge in [-0.3, -0.25) is 4.79 Å². The van der Waals surface area contributed by atoms with Crippen LogP contribution in [0.2, 0.25) is 0 Å². The summed E-state index contributed by atoms with van der Waals surface area (Å²) >= 11 is 0. The van der Waals surface area contributed by atoms with Crippen LogP contribution in [-0.2, 0) is 35.9 Å². The number of fused-ring (bicyclic) bond motifs is 2. The molecular formula is C26H37F6N5O7. The first-order valence-corrected chi connectivity index (χ1v) is 13.6. The zero-order valence-electron chi connectivity index (χ0n) is 24.7. The lowest BCUT2D eigenvalue weighted by molar-refractivity contribution is -0.193.